The van der Waals surface area contributed by atoms with E-state index in [1.165, 1.54) is 22.7 Å². The molecule has 1 spiro atoms. The topological polar surface area (TPSA) is 96.6 Å². The minimum atomic E-state index is -1.89. The summed E-state index contributed by atoms with van der Waals surface area (Å²) in [5.41, 5.74) is 2.21. The molecule has 0 radical (unpaired) electrons. The number of thioether (sulfide) groups is 1. The molecule has 47 heavy (non-hydrogen) atoms. The smallest absolute Gasteiger partial charge is 0.297 e. The Bertz CT molecular complexity index is 2320. The number of rotatable bonds is 6. The molecule has 8 nitrogen and oxygen atoms in total. The van der Waals surface area contributed by atoms with Crippen molar-refractivity contribution in [1.29, 1.82) is 0 Å². The maximum absolute atomic E-state index is 15.1. The first-order valence-electron chi connectivity index (χ1n) is 14.9. The van der Waals surface area contributed by atoms with E-state index in [0.29, 0.717) is 21.2 Å². The van der Waals surface area contributed by atoms with Crippen molar-refractivity contribution in [1.82, 2.24) is 10.2 Å². The second-order valence-electron chi connectivity index (χ2n) is 11.6. The summed E-state index contributed by atoms with van der Waals surface area (Å²) in [4.78, 5) is 47.1. The SMILES string of the molecule is Cc1ccc(CN2C(=O)C3(c4ccccc42)c2c(oc4ccc(C)cc4c2=O)C(=O)N3c2nnc(SCc3ccccc3F)s2)cc1. The highest BCUT2D eigenvalue weighted by atomic mass is 32.2. The molecule has 0 N–H and O–H groups in total. The minimum Gasteiger partial charge on any atom is -0.450 e. The second-order valence-corrected chi connectivity index (χ2v) is 13.8. The van der Waals surface area contributed by atoms with Crippen molar-refractivity contribution >= 4 is 56.7 Å². The van der Waals surface area contributed by atoms with Crippen molar-refractivity contribution < 1.29 is 18.4 Å². The summed E-state index contributed by atoms with van der Waals surface area (Å²) in [7, 11) is 0. The Hall–Kier alpha value is -5.13. The highest BCUT2D eigenvalue weighted by molar-refractivity contribution is 8.00. The lowest BCUT2D eigenvalue weighted by molar-refractivity contribution is -0.121. The molecular formula is C36H25FN4O4S2. The first kappa shape index (κ1) is 29.3. The molecule has 1 unspecified atom stereocenters. The van der Waals surface area contributed by atoms with E-state index in [1.807, 2.05) is 50.2 Å². The van der Waals surface area contributed by atoms with E-state index in [9.17, 15) is 14.0 Å². The van der Waals surface area contributed by atoms with Crippen LogP contribution in [0.15, 0.2) is 105 Å². The van der Waals surface area contributed by atoms with Gasteiger partial charge < -0.3 is 9.32 Å². The number of halogens is 1. The van der Waals surface area contributed by atoms with Crippen molar-refractivity contribution in [3.63, 3.8) is 0 Å². The number of hydrogen-bond donors (Lipinski definition) is 0. The van der Waals surface area contributed by atoms with Crippen LogP contribution in [-0.4, -0.2) is 22.0 Å². The molecular weight excluding hydrogens is 636 g/mol. The number of fused-ring (bicyclic) bond motifs is 5. The van der Waals surface area contributed by atoms with Gasteiger partial charge >= 0.3 is 0 Å². The van der Waals surface area contributed by atoms with E-state index in [0.717, 1.165) is 28.0 Å². The van der Waals surface area contributed by atoms with Crippen LogP contribution in [0.5, 0.6) is 0 Å². The van der Waals surface area contributed by atoms with Crippen LogP contribution in [0, 0.1) is 19.7 Å². The number of amides is 2. The van der Waals surface area contributed by atoms with Gasteiger partial charge in [-0.15, -0.1) is 10.2 Å². The Morgan fingerprint density at radius 1 is 0.894 bits per heavy atom. The lowest BCUT2D eigenvalue weighted by atomic mass is 9.84. The number of nitrogens with zero attached hydrogens (tertiary/aromatic N) is 4. The van der Waals surface area contributed by atoms with Gasteiger partial charge in [-0.3, -0.25) is 19.3 Å². The fourth-order valence-corrected chi connectivity index (χ4v) is 8.29. The highest BCUT2D eigenvalue weighted by Crippen LogP contribution is 2.55. The summed E-state index contributed by atoms with van der Waals surface area (Å²) >= 11 is 2.36. The summed E-state index contributed by atoms with van der Waals surface area (Å²) < 4.78 is 21.0. The van der Waals surface area contributed by atoms with E-state index in [4.69, 9.17) is 4.42 Å². The van der Waals surface area contributed by atoms with Crippen molar-refractivity contribution in [2.45, 2.75) is 36.0 Å². The maximum atomic E-state index is 15.1. The van der Waals surface area contributed by atoms with E-state index in [-0.39, 0.29) is 45.5 Å². The van der Waals surface area contributed by atoms with Crippen LogP contribution in [0.1, 0.15) is 43.9 Å². The predicted molar refractivity (Wildman–Crippen MR) is 179 cm³/mol. The zero-order chi connectivity index (χ0) is 32.4. The van der Waals surface area contributed by atoms with Gasteiger partial charge in [0.05, 0.1) is 23.2 Å². The normalized spacial score (nSPS) is 16.8. The molecule has 4 aromatic carbocycles. The van der Waals surface area contributed by atoms with Crippen molar-refractivity contribution in [2.24, 2.45) is 0 Å². The third-order valence-corrected chi connectivity index (χ3v) is 10.7. The minimum absolute atomic E-state index is 0.0415. The predicted octanol–water partition coefficient (Wildman–Crippen LogP) is 7.14. The number of aromatic nitrogens is 2. The van der Waals surface area contributed by atoms with Crippen LogP contribution in [-0.2, 0) is 22.6 Å². The highest BCUT2D eigenvalue weighted by Gasteiger charge is 2.66. The van der Waals surface area contributed by atoms with Crippen molar-refractivity contribution in [3.05, 3.63) is 146 Å². The van der Waals surface area contributed by atoms with E-state index in [1.54, 1.807) is 53.4 Å². The van der Waals surface area contributed by atoms with E-state index >= 15 is 4.79 Å². The molecule has 2 aliphatic heterocycles. The Morgan fingerprint density at radius 3 is 2.45 bits per heavy atom. The molecule has 232 valence electrons. The second kappa shape index (κ2) is 11.0. The van der Waals surface area contributed by atoms with Gasteiger partial charge in [-0.2, -0.15) is 0 Å². The van der Waals surface area contributed by atoms with Gasteiger partial charge in [0.1, 0.15) is 11.4 Å². The van der Waals surface area contributed by atoms with E-state index in [2.05, 4.69) is 10.2 Å². The summed E-state index contributed by atoms with van der Waals surface area (Å²) in [5.74, 6) is -1.38. The van der Waals surface area contributed by atoms with Gasteiger partial charge in [0, 0.05) is 11.3 Å². The lowest BCUT2D eigenvalue weighted by Crippen LogP contribution is -2.53. The Labute approximate surface area is 276 Å². The summed E-state index contributed by atoms with van der Waals surface area (Å²) in [5, 5.41) is 9.07. The molecule has 0 saturated carbocycles. The summed E-state index contributed by atoms with van der Waals surface area (Å²) in [6.45, 7) is 4.07. The van der Waals surface area contributed by atoms with Gasteiger partial charge in [0.2, 0.25) is 10.9 Å². The first-order chi connectivity index (χ1) is 22.8. The average molecular weight is 661 g/mol. The monoisotopic (exact) mass is 660 g/mol. The molecule has 2 aromatic heterocycles. The molecule has 2 aliphatic rings. The summed E-state index contributed by atoms with van der Waals surface area (Å²) in [6.07, 6.45) is 0. The fraction of sp³-hybridized carbons (Fsp3) is 0.139. The van der Waals surface area contributed by atoms with Gasteiger partial charge in [0.25, 0.3) is 11.8 Å². The van der Waals surface area contributed by atoms with Crippen molar-refractivity contribution in [3.8, 4) is 0 Å². The Kier molecular flexibility index (Phi) is 6.85. The maximum Gasteiger partial charge on any atom is 0.297 e. The molecule has 0 fully saturated rings. The van der Waals surface area contributed by atoms with E-state index < -0.39 is 22.8 Å². The molecule has 0 saturated heterocycles. The molecule has 2 amide bonds. The molecule has 6 aromatic rings. The number of para-hydroxylation sites is 1. The van der Waals surface area contributed by atoms with Crippen LogP contribution < -0.4 is 15.2 Å². The average Bonchev–Trinajstić information content (AvgIpc) is 3.71. The zero-order valence-electron chi connectivity index (χ0n) is 25.2. The molecule has 0 bridgehead atoms. The van der Waals surface area contributed by atoms with Gasteiger partial charge in [-0.1, -0.05) is 101 Å². The first-order valence-corrected chi connectivity index (χ1v) is 16.7. The number of carbonyl (C=O) groups excluding carboxylic acids is 2. The number of aryl methyl sites for hydroxylation is 2. The van der Waals surface area contributed by atoms with Gasteiger partial charge in [-0.05, 0) is 49.2 Å². The Morgan fingerprint density at radius 2 is 1.64 bits per heavy atom. The number of hydrogen-bond acceptors (Lipinski definition) is 8. The molecule has 11 heteroatoms. The van der Waals surface area contributed by atoms with Crippen LogP contribution in [0.4, 0.5) is 15.2 Å². The van der Waals surface area contributed by atoms with Crippen LogP contribution in [0.3, 0.4) is 0 Å². The Balaban J connectivity index is 1.32. The standard InChI is InChI=1S/C36H25FN4O4S2/c1-20-11-14-22(15-12-20)18-40-27-10-6-4-8-25(27)36(33(40)44)29-30(42)24-17-21(2)13-16-28(24)45-31(29)32(43)41(36)34-38-39-35(47-34)46-19-23-7-3-5-9-26(23)37/h3-17H,18-19H2,1-2H3. The van der Waals surface area contributed by atoms with Crippen LogP contribution >= 0.6 is 23.1 Å². The molecule has 8 rings (SSSR count). The van der Waals surface area contributed by atoms with Crippen LogP contribution in [0.25, 0.3) is 11.0 Å². The number of anilines is 2. The number of carbonyl (C=O) groups is 2. The van der Waals surface area contributed by atoms with Gasteiger partial charge in [0.15, 0.2) is 15.3 Å². The van der Waals surface area contributed by atoms with Crippen molar-refractivity contribution in [2.75, 3.05) is 9.80 Å². The molecule has 0 aliphatic carbocycles. The quantitative estimate of drug-likeness (QED) is 0.138. The fourth-order valence-electron chi connectivity index (χ4n) is 6.42. The lowest BCUT2D eigenvalue weighted by Gasteiger charge is -2.32. The van der Waals surface area contributed by atoms with Gasteiger partial charge in [-0.25, -0.2) is 4.39 Å². The zero-order valence-corrected chi connectivity index (χ0v) is 26.8. The summed E-state index contributed by atoms with van der Waals surface area (Å²) in [6, 6.07) is 26.7. The van der Waals surface area contributed by atoms with Crippen LogP contribution in [0.2, 0.25) is 0 Å². The molecule has 1 atom stereocenters. The largest absolute Gasteiger partial charge is 0.450 e. The molecule has 4 heterocycles. The third kappa shape index (κ3) is 4.44. The third-order valence-electron chi connectivity index (χ3n) is 8.64. The number of benzene rings is 4.